The van der Waals surface area contributed by atoms with Gasteiger partial charge in [-0.05, 0) is 23.3 Å². The van der Waals surface area contributed by atoms with Crippen molar-refractivity contribution in [1.29, 1.82) is 0 Å². The summed E-state index contributed by atoms with van der Waals surface area (Å²) >= 11 is 1.70. The van der Waals surface area contributed by atoms with E-state index in [4.69, 9.17) is 9.47 Å². The summed E-state index contributed by atoms with van der Waals surface area (Å²) in [5, 5.41) is 4.00. The second-order valence-electron chi connectivity index (χ2n) is 6.35. The van der Waals surface area contributed by atoms with E-state index in [1.54, 1.807) is 25.6 Å². The van der Waals surface area contributed by atoms with Gasteiger partial charge in [0.25, 0.3) is 0 Å². The van der Waals surface area contributed by atoms with Crippen LogP contribution < -0.4 is 14.8 Å². The first kappa shape index (κ1) is 19.9. The minimum Gasteiger partial charge on any atom is -0.493 e. The fourth-order valence-electron chi connectivity index (χ4n) is 2.89. The zero-order chi connectivity index (χ0) is 19.8. The van der Waals surface area contributed by atoms with E-state index in [1.807, 2.05) is 42.6 Å². The summed E-state index contributed by atoms with van der Waals surface area (Å²) < 4.78 is 10.5. The van der Waals surface area contributed by atoms with Gasteiger partial charge < -0.3 is 14.8 Å². The van der Waals surface area contributed by atoms with Gasteiger partial charge in [0.1, 0.15) is 0 Å². The summed E-state index contributed by atoms with van der Waals surface area (Å²) in [5.74, 6) is 1.26. The molecule has 0 radical (unpaired) electrons. The Morgan fingerprint density at radius 1 is 1.04 bits per heavy atom. The van der Waals surface area contributed by atoms with Crippen LogP contribution in [-0.2, 0) is 24.1 Å². The highest BCUT2D eigenvalue weighted by molar-refractivity contribution is 7.11. The first-order valence-corrected chi connectivity index (χ1v) is 9.94. The number of amides is 1. The van der Waals surface area contributed by atoms with Gasteiger partial charge in [0.2, 0.25) is 5.91 Å². The van der Waals surface area contributed by atoms with Gasteiger partial charge in [-0.15, -0.1) is 11.3 Å². The van der Waals surface area contributed by atoms with Gasteiger partial charge >= 0.3 is 0 Å². The van der Waals surface area contributed by atoms with E-state index < -0.39 is 0 Å². The summed E-state index contributed by atoms with van der Waals surface area (Å²) in [6, 6.07) is 15.9. The van der Waals surface area contributed by atoms with Crippen molar-refractivity contribution in [3.8, 4) is 11.5 Å². The normalized spacial score (nSPS) is 10.5. The predicted molar refractivity (Wildman–Crippen MR) is 111 cm³/mol. The van der Waals surface area contributed by atoms with Gasteiger partial charge in [-0.3, -0.25) is 4.79 Å². The maximum Gasteiger partial charge on any atom is 0.224 e. The largest absolute Gasteiger partial charge is 0.493 e. The van der Waals surface area contributed by atoms with Crippen LogP contribution in [0.5, 0.6) is 11.5 Å². The maximum absolute atomic E-state index is 12.2. The van der Waals surface area contributed by atoms with E-state index in [9.17, 15) is 4.79 Å². The van der Waals surface area contributed by atoms with E-state index in [0.29, 0.717) is 24.5 Å². The molecule has 0 saturated heterocycles. The minimum absolute atomic E-state index is 0.0201. The number of nitrogens with zero attached hydrogens (tertiary/aromatic N) is 1. The molecule has 0 saturated carbocycles. The molecule has 2 aromatic carbocycles. The second kappa shape index (κ2) is 9.90. The van der Waals surface area contributed by atoms with Gasteiger partial charge in [0, 0.05) is 30.5 Å². The Bertz CT molecular complexity index is 909. The lowest BCUT2D eigenvalue weighted by Crippen LogP contribution is -2.27. The van der Waals surface area contributed by atoms with Crippen LogP contribution in [0.3, 0.4) is 0 Å². The summed E-state index contributed by atoms with van der Waals surface area (Å²) in [5.41, 5.74) is 2.16. The smallest absolute Gasteiger partial charge is 0.224 e. The molecule has 0 aliphatic rings. The van der Waals surface area contributed by atoms with Crippen LogP contribution in [0.1, 0.15) is 21.0 Å². The fourth-order valence-corrected chi connectivity index (χ4v) is 3.85. The van der Waals surface area contributed by atoms with Crippen molar-refractivity contribution in [2.45, 2.75) is 19.3 Å². The fraction of sp³-hybridized carbons (Fsp3) is 0.273. The first-order valence-electron chi connectivity index (χ1n) is 9.13. The Morgan fingerprint density at radius 3 is 2.57 bits per heavy atom. The molecular weight excluding hydrogens is 372 g/mol. The SMILES string of the molecule is COc1ccc(CC(=O)NCCc2ncc(Cc3ccccc3)s2)cc1OC. The minimum atomic E-state index is -0.0201. The van der Waals surface area contributed by atoms with Crippen molar-refractivity contribution >= 4 is 17.2 Å². The number of ether oxygens (including phenoxy) is 2. The number of rotatable bonds is 9. The topological polar surface area (TPSA) is 60.5 Å². The van der Waals surface area contributed by atoms with E-state index in [-0.39, 0.29) is 5.91 Å². The van der Waals surface area contributed by atoms with Crippen molar-refractivity contribution in [3.05, 3.63) is 75.7 Å². The Hall–Kier alpha value is -2.86. The number of nitrogens with one attached hydrogen (secondary N) is 1. The van der Waals surface area contributed by atoms with E-state index in [0.717, 1.165) is 23.4 Å². The molecule has 0 aliphatic carbocycles. The van der Waals surface area contributed by atoms with Gasteiger partial charge in [-0.1, -0.05) is 36.4 Å². The highest BCUT2D eigenvalue weighted by atomic mass is 32.1. The predicted octanol–water partition coefficient (Wildman–Crippen LogP) is 3.65. The van der Waals surface area contributed by atoms with Crippen LogP contribution in [0.15, 0.2) is 54.7 Å². The molecule has 5 nitrogen and oxygen atoms in total. The van der Waals surface area contributed by atoms with Crippen molar-refractivity contribution in [2.24, 2.45) is 0 Å². The van der Waals surface area contributed by atoms with Crippen LogP contribution in [0.25, 0.3) is 0 Å². The van der Waals surface area contributed by atoms with E-state index in [1.165, 1.54) is 10.4 Å². The molecule has 0 atom stereocenters. The highest BCUT2D eigenvalue weighted by Gasteiger charge is 2.09. The van der Waals surface area contributed by atoms with Crippen LogP contribution in [0.4, 0.5) is 0 Å². The molecule has 1 N–H and O–H groups in total. The molecule has 0 fully saturated rings. The summed E-state index contributed by atoms with van der Waals surface area (Å²) in [6.07, 6.45) is 3.86. The van der Waals surface area contributed by atoms with E-state index in [2.05, 4.69) is 22.4 Å². The molecule has 28 heavy (non-hydrogen) atoms. The van der Waals surface area contributed by atoms with Gasteiger partial charge in [0.15, 0.2) is 11.5 Å². The van der Waals surface area contributed by atoms with Crippen LogP contribution in [0, 0.1) is 0 Å². The van der Waals surface area contributed by atoms with Gasteiger partial charge in [-0.2, -0.15) is 0 Å². The molecule has 0 spiro atoms. The average Bonchev–Trinajstić information content (AvgIpc) is 3.15. The number of hydrogen-bond acceptors (Lipinski definition) is 5. The van der Waals surface area contributed by atoms with Crippen LogP contribution >= 0.6 is 11.3 Å². The summed E-state index contributed by atoms with van der Waals surface area (Å²) in [7, 11) is 3.18. The number of aromatic nitrogens is 1. The monoisotopic (exact) mass is 396 g/mol. The number of carbonyl (C=O) groups is 1. The van der Waals surface area contributed by atoms with E-state index >= 15 is 0 Å². The first-order chi connectivity index (χ1) is 13.7. The Kier molecular flexibility index (Phi) is 7.03. The number of carbonyl (C=O) groups excluding carboxylic acids is 1. The molecule has 1 heterocycles. The second-order valence-corrected chi connectivity index (χ2v) is 7.55. The quantitative estimate of drug-likeness (QED) is 0.600. The molecule has 3 aromatic rings. The number of hydrogen-bond donors (Lipinski definition) is 1. The van der Waals surface area contributed by atoms with Crippen molar-refractivity contribution < 1.29 is 14.3 Å². The lowest BCUT2D eigenvalue weighted by molar-refractivity contribution is -0.120. The molecule has 0 unspecified atom stereocenters. The zero-order valence-electron chi connectivity index (χ0n) is 16.1. The third-order valence-electron chi connectivity index (χ3n) is 4.30. The Morgan fingerprint density at radius 2 is 1.82 bits per heavy atom. The Labute approximate surface area is 169 Å². The summed E-state index contributed by atoms with van der Waals surface area (Å²) in [6.45, 7) is 0.574. The molecular formula is C22H24N2O3S. The van der Waals surface area contributed by atoms with Gasteiger partial charge in [-0.25, -0.2) is 4.98 Å². The molecule has 0 aliphatic heterocycles. The molecule has 146 valence electrons. The third-order valence-corrected chi connectivity index (χ3v) is 5.35. The molecule has 6 heteroatoms. The van der Waals surface area contributed by atoms with Crippen molar-refractivity contribution in [1.82, 2.24) is 10.3 Å². The number of methoxy groups -OCH3 is 2. The van der Waals surface area contributed by atoms with Gasteiger partial charge in [0.05, 0.1) is 25.6 Å². The average molecular weight is 397 g/mol. The maximum atomic E-state index is 12.2. The van der Waals surface area contributed by atoms with Crippen LogP contribution in [-0.4, -0.2) is 31.7 Å². The lowest BCUT2D eigenvalue weighted by Gasteiger charge is -2.09. The highest BCUT2D eigenvalue weighted by Crippen LogP contribution is 2.27. The lowest BCUT2D eigenvalue weighted by atomic mass is 10.1. The molecule has 3 rings (SSSR count). The number of thiazole rings is 1. The Balaban J connectivity index is 1.45. The zero-order valence-corrected chi connectivity index (χ0v) is 16.9. The van der Waals surface area contributed by atoms with Crippen molar-refractivity contribution in [2.75, 3.05) is 20.8 Å². The third kappa shape index (κ3) is 5.57. The standard InChI is InChI=1S/C22H24N2O3S/c1-26-19-9-8-17(13-20(19)27-2)14-21(25)23-11-10-22-24-15-18(28-22)12-16-6-4-3-5-7-16/h3-9,13,15H,10-12,14H2,1-2H3,(H,23,25). The molecule has 0 bridgehead atoms. The summed E-state index contributed by atoms with van der Waals surface area (Å²) in [4.78, 5) is 17.9. The van der Waals surface area contributed by atoms with Crippen molar-refractivity contribution in [3.63, 3.8) is 0 Å². The molecule has 1 amide bonds. The van der Waals surface area contributed by atoms with Crippen LogP contribution in [0.2, 0.25) is 0 Å². The molecule has 1 aromatic heterocycles. The number of benzene rings is 2.